The molecule has 0 aliphatic carbocycles. The third-order valence-corrected chi connectivity index (χ3v) is 3.21. The summed E-state index contributed by atoms with van der Waals surface area (Å²) in [6.45, 7) is 6.89. The third-order valence-electron chi connectivity index (χ3n) is 3.21. The molecular formula is C10H18N4O3. The summed E-state index contributed by atoms with van der Waals surface area (Å²) in [5.74, 6) is 0. The van der Waals surface area contributed by atoms with Crippen LogP contribution in [0.1, 0.15) is 20.8 Å². The first-order chi connectivity index (χ1) is 7.82. The van der Waals surface area contributed by atoms with E-state index in [1.54, 1.807) is 0 Å². The van der Waals surface area contributed by atoms with Gasteiger partial charge in [-0.25, -0.2) is 4.79 Å². The molecule has 1 aliphatic rings. The van der Waals surface area contributed by atoms with Crippen LogP contribution in [0.15, 0.2) is 5.11 Å². The van der Waals surface area contributed by atoms with Crippen molar-refractivity contribution in [2.45, 2.75) is 26.4 Å². The lowest BCUT2D eigenvalue weighted by Crippen LogP contribution is -2.61. The average molecular weight is 242 g/mol. The van der Waals surface area contributed by atoms with Gasteiger partial charge in [-0.2, -0.15) is 0 Å². The van der Waals surface area contributed by atoms with E-state index in [1.807, 2.05) is 20.8 Å². The van der Waals surface area contributed by atoms with E-state index in [4.69, 9.17) is 15.4 Å². The molecule has 1 rings (SSSR count). The maximum atomic E-state index is 11.0. The summed E-state index contributed by atoms with van der Waals surface area (Å²) in [4.78, 5) is 15.1. The fourth-order valence-electron chi connectivity index (χ4n) is 1.88. The van der Waals surface area contributed by atoms with Crippen LogP contribution in [0.3, 0.4) is 0 Å². The summed E-state index contributed by atoms with van der Waals surface area (Å²) in [6, 6.07) is 0. The largest absolute Gasteiger partial charge is 0.465 e. The minimum absolute atomic E-state index is 0.136. The predicted octanol–water partition coefficient (Wildman–Crippen LogP) is 2.09. The summed E-state index contributed by atoms with van der Waals surface area (Å²) >= 11 is 0. The second-order valence-corrected chi connectivity index (χ2v) is 5.19. The van der Waals surface area contributed by atoms with Gasteiger partial charge in [0.05, 0.1) is 25.3 Å². The molecule has 1 N–H and O–H groups in total. The highest BCUT2D eigenvalue weighted by Gasteiger charge is 2.47. The van der Waals surface area contributed by atoms with E-state index in [0.717, 1.165) is 0 Å². The van der Waals surface area contributed by atoms with Crippen molar-refractivity contribution in [1.29, 1.82) is 0 Å². The van der Waals surface area contributed by atoms with E-state index in [2.05, 4.69) is 10.0 Å². The summed E-state index contributed by atoms with van der Waals surface area (Å²) in [7, 11) is 0. The highest BCUT2D eigenvalue weighted by Crippen LogP contribution is 2.37. The van der Waals surface area contributed by atoms with Crippen molar-refractivity contribution in [3.8, 4) is 0 Å². The van der Waals surface area contributed by atoms with Gasteiger partial charge in [0.1, 0.15) is 0 Å². The Morgan fingerprint density at radius 3 is 2.76 bits per heavy atom. The first kappa shape index (κ1) is 13.6. The molecular weight excluding hydrogens is 224 g/mol. The highest BCUT2D eigenvalue weighted by atomic mass is 16.5. The van der Waals surface area contributed by atoms with Gasteiger partial charge in [-0.1, -0.05) is 25.9 Å². The van der Waals surface area contributed by atoms with Gasteiger partial charge in [0.2, 0.25) is 0 Å². The Morgan fingerprint density at radius 2 is 2.29 bits per heavy atom. The van der Waals surface area contributed by atoms with Crippen LogP contribution in [-0.2, 0) is 4.74 Å². The molecule has 0 bridgehead atoms. The number of carboxylic acid groups (broad SMARTS) is 1. The lowest BCUT2D eigenvalue weighted by atomic mass is 9.75. The van der Waals surface area contributed by atoms with Gasteiger partial charge in [0.25, 0.3) is 0 Å². The number of amides is 1. The van der Waals surface area contributed by atoms with E-state index < -0.39 is 11.7 Å². The van der Waals surface area contributed by atoms with Crippen molar-refractivity contribution >= 4 is 6.09 Å². The van der Waals surface area contributed by atoms with Crippen molar-refractivity contribution in [3.63, 3.8) is 0 Å². The van der Waals surface area contributed by atoms with Gasteiger partial charge in [0.15, 0.2) is 0 Å². The first-order valence-electron chi connectivity index (χ1n) is 5.45. The van der Waals surface area contributed by atoms with Crippen molar-refractivity contribution < 1.29 is 14.6 Å². The standard InChI is InChI=1S/C10H18N4O3/c1-9(2,3)10(6-12-13-11)7-14(8(15)16)4-5-17-10/h4-7H2,1-3H3,(H,15,16). The third kappa shape index (κ3) is 2.81. The molecule has 1 aliphatic heterocycles. The number of hydrogen-bond donors (Lipinski definition) is 1. The Kier molecular flexibility index (Phi) is 3.85. The minimum Gasteiger partial charge on any atom is -0.465 e. The number of morpholine rings is 1. The minimum atomic E-state index is -0.970. The van der Waals surface area contributed by atoms with Gasteiger partial charge >= 0.3 is 6.09 Å². The summed E-state index contributed by atoms with van der Waals surface area (Å²) in [5, 5.41) is 12.6. The van der Waals surface area contributed by atoms with Crippen LogP contribution < -0.4 is 0 Å². The first-order valence-corrected chi connectivity index (χ1v) is 5.45. The van der Waals surface area contributed by atoms with E-state index >= 15 is 0 Å². The van der Waals surface area contributed by atoms with Gasteiger partial charge in [-0.15, -0.1) is 0 Å². The topological polar surface area (TPSA) is 98.5 Å². The van der Waals surface area contributed by atoms with E-state index in [1.165, 1.54) is 4.90 Å². The molecule has 7 nitrogen and oxygen atoms in total. The molecule has 7 heteroatoms. The van der Waals surface area contributed by atoms with Gasteiger partial charge < -0.3 is 14.7 Å². The molecule has 1 unspecified atom stereocenters. The Bertz CT molecular complexity index is 346. The molecule has 1 fully saturated rings. The van der Waals surface area contributed by atoms with Crippen molar-refractivity contribution in [3.05, 3.63) is 10.4 Å². The lowest BCUT2D eigenvalue weighted by Gasteiger charge is -2.49. The molecule has 1 saturated heterocycles. The van der Waals surface area contributed by atoms with Gasteiger partial charge in [-0.3, -0.25) is 0 Å². The summed E-state index contributed by atoms with van der Waals surface area (Å²) in [6.07, 6.45) is -0.970. The molecule has 1 amide bonds. The number of ether oxygens (including phenoxy) is 1. The van der Waals surface area contributed by atoms with Crippen LogP contribution in [0, 0.1) is 5.41 Å². The van der Waals surface area contributed by atoms with Crippen LogP contribution in [-0.4, -0.2) is 47.9 Å². The van der Waals surface area contributed by atoms with Crippen molar-refractivity contribution in [1.82, 2.24) is 4.90 Å². The molecule has 96 valence electrons. The molecule has 0 aromatic carbocycles. The maximum Gasteiger partial charge on any atom is 0.407 e. The molecule has 1 atom stereocenters. The lowest BCUT2D eigenvalue weighted by molar-refractivity contribution is -0.152. The molecule has 17 heavy (non-hydrogen) atoms. The molecule has 0 spiro atoms. The van der Waals surface area contributed by atoms with Crippen LogP contribution in [0.25, 0.3) is 10.4 Å². The fourth-order valence-corrected chi connectivity index (χ4v) is 1.88. The van der Waals surface area contributed by atoms with Crippen LogP contribution in [0.4, 0.5) is 4.79 Å². The second kappa shape index (κ2) is 4.81. The summed E-state index contributed by atoms with van der Waals surface area (Å²) in [5.41, 5.74) is 7.36. The van der Waals surface area contributed by atoms with E-state index in [-0.39, 0.29) is 18.5 Å². The number of rotatable bonds is 2. The Balaban J connectivity index is 2.97. The highest BCUT2D eigenvalue weighted by molar-refractivity contribution is 5.65. The molecule has 0 radical (unpaired) electrons. The van der Waals surface area contributed by atoms with E-state index in [0.29, 0.717) is 13.2 Å². The van der Waals surface area contributed by atoms with Crippen LogP contribution in [0.2, 0.25) is 0 Å². The zero-order valence-corrected chi connectivity index (χ0v) is 10.4. The zero-order valence-electron chi connectivity index (χ0n) is 10.4. The second-order valence-electron chi connectivity index (χ2n) is 5.19. The van der Waals surface area contributed by atoms with Crippen LogP contribution in [0.5, 0.6) is 0 Å². The monoisotopic (exact) mass is 242 g/mol. The zero-order chi connectivity index (χ0) is 13.1. The predicted molar refractivity (Wildman–Crippen MR) is 61.7 cm³/mol. The normalized spacial score (nSPS) is 25.2. The molecule has 0 aromatic rings. The number of azide groups is 1. The van der Waals surface area contributed by atoms with Crippen molar-refractivity contribution in [2.24, 2.45) is 10.5 Å². The van der Waals surface area contributed by atoms with Gasteiger partial charge in [0, 0.05) is 11.5 Å². The number of nitrogens with zero attached hydrogens (tertiary/aromatic N) is 4. The smallest absolute Gasteiger partial charge is 0.407 e. The van der Waals surface area contributed by atoms with E-state index in [9.17, 15) is 4.79 Å². The quantitative estimate of drug-likeness (QED) is 0.456. The molecule has 1 heterocycles. The molecule has 0 saturated carbocycles. The number of carbonyl (C=O) groups is 1. The van der Waals surface area contributed by atoms with Crippen molar-refractivity contribution in [2.75, 3.05) is 26.2 Å². The molecule has 0 aromatic heterocycles. The Morgan fingerprint density at radius 1 is 1.65 bits per heavy atom. The van der Waals surface area contributed by atoms with Gasteiger partial charge in [-0.05, 0) is 10.9 Å². The van der Waals surface area contributed by atoms with Crippen LogP contribution >= 0.6 is 0 Å². The number of hydrogen-bond acceptors (Lipinski definition) is 3. The SMILES string of the molecule is CC(C)(C)C1(CN=[N+]=[N-])CN(C(=O)O)CCO1. The maximum absolute atomic E-state index is 11.0. The average Bonchev–Trinajstić information content (AvgIpc) is 2.25. The summed E-state index contributed by atoms with van der Waals surface area (Å²) < 4.78 is 5.74. The Hall–Kier alpha value is -1.46. The Labute approximate surface area is 100.0 Å². The fraction of sp³-hybridized carbons (Fsp3) is 0.900.